The van der Waals surface area contributed by atoms with E-state index in [1.807, 2.05) is 30.5 Å². The molecule has 0 aliphatic heterocycles. The number of aromatic nitrogens is 1. The Kier molecular flexibility index (Phi) is 3.58. The van der Waals surface area contributed by atoms with Gasteiger partial charge < -0.3 is 0 Å². The Labute approximate surface area is 101 Å². The number of rotatable bonds is 3. The summed E-state index contributed by atoms with van der Waals surface area (Å²) in [5.41, 5.74) is 2.43. The summed E-state index contributed by atoms with van der Waals surface area (Å²) >= 11 is 5.86. The minimum Gasteiger partial charge on any atom is -0.261 e. The van der Waals surface area contributed by atoms with E-state index in [4.69, 9.17) is 11.6 Å². The van der Waals surface area contributed by atoms with Crippen molar-refractivity contribution in [3.63, 3.8) is 0 Å². The quantitative estimate of drug-likeness (QED) is 0.776. The maximum Gasteiger partial charge on any atom is 0.0409 e. The average molecular weight is 232 g/mol. The van der Waals surface area contributed by atoms with Crippen LogP contribution in [-0.4, -0.2) is 4.98 Å². The second-order valence-corrected chi connectivity index (χ2v) is 4.41. The molecule has 1 nitrogen and oxygen atoms in total. The fraction of sp³-hybridized carbons (Fsp3) is 0.214. The SMILES string of the molecule is CC(Cc1ccccn1)c1ccc(Cl)cc1. The zero-order valence-electron chi connectivity index (χ0n) is 9.23. The van der Waals surface area contributed by atoms with Crippen molar-refractivity contribution >= 4 is 11.6 Å². The number of pyridine rings is 1. The van der Waals surface area contributed by atoms with E-state index in [1.165, 1.54) is 5.56 Å². The summed E-state index contributed by atoms with van der Waals surface area (Å²) < 4.78 is 0. The fourth-order valence-corrected chi connectivity index (χ4v) is 1.87. The number of benzene rings is 1. The fourth-order valence-electron chi connectivity index (χ4n) is 1.74. The van der Waals surface area contributed by atoms with E-state index >= 15 is 0 Å². The van der Waals surface area contributed by atoms with Gasteiger partial charge in [0.25, 0.3) is 0 Å². The van der Waals surface area contributed by atoms with Crippen molar-refractivity contribution in [2.75, 3.05) is 0 Å². The lowest BCUT2D eigenvalue weighted by Gasteiger charge is -2.11. The number of hydrogen-bond donors (Lipinski definition) is 0. The number of hydrogen-bond acceptors (Lipinski definition) is 1. The largest absolute Gasteiger partial charge is 0.261 e. The highest BCUT2D eigenvalue weighted by molar-refractivity contribution is 6.30. The smallest absolute Gasteiger partial charge is 0.0409 e. The lowest BCUT2D eigenvalue weighted by molar-refractivity contribution is 0.741. The molecule has 16 heavy (non-hydrogen) atoms. The summed E-state index contributed by atoms with van der Waals surface area (Å²) in [6, 6.07) is 14.1. The van der Waals surface area contributed by atoms with E-state index < -0.39 is 0 Å². The molecule has 0 saturated heterocycles. The van der Waals surface area contributed by atoms with E-state index in [0.717, 1.165) is 17.1 Å². The van der Waals surface area contributed by atoms with E-state index in [1.54, 1.807) is 0 Å². The Hall–Kier alpha value is -1.34. The summed E-state index contributed by atoms with van der Waals surface area (Å²) in [6.45, 7) is 2.21. The van der Waals surface area contributed by atoms with Gasteiger partial charge in [-0.3, -0.25) is 4.98 Å². The van der Waals surface area contributed by atoms with Crippen LogP contribution in [0.5, 0.6) is 0 Å². The maximum atomic E-state index is 5.86. The molecule has 1 unspecified atom stereocenters. The van der Waals surface area contributed by atoms with Gasteiger partial charge in [0.2, 0.25) is 0 Å². The van der Waals surface area contributed by atoms with Crippen molar-refractivity contribution in [2.24, 2.45) is 0 Å². The van der Waals surface area contributed by atoms with Gasteiger partial charge in [0, 0.05) is 16.9 Å². The van der Waals surface area contributed by atoms with Gasteiger partial charge in [0.15, 0.2) is 0 Å². The molecule has 0 fully saturated rings. The van der Waals surface area contributed by atoms with Crippen LogP contribution in [0.2, 0.25) is 5.02 Å². The molecule has 0 aliphatic carbocycles. The van der Waals surface area contributed by atoms with Gasteiger partial charge in [-0.15, -0.1) is 0 Å². The molecular weight excluding hydrogens is 218 g/mol. The monoisotopic (exact) mass is 231 g/mol. The second-order valence-electron chi connectivity index (χ2n) is 3.98. The van der Waals surface area contributed by atoms with Crippen molar-refractivity contribution in [1.29, 1.82) is 0 Å². The lowest BCUT2D eigenvalue weighted by atomic mass is 9.96. The van der Waals surface area contributed by atoms with Crippen LogP contribution in [-0.2, 0) is 6.42 Å². The van der Waals surface area contributed by atoms with Gasteiger partial charge in [-0.05, 0) is 42.2 Å². The molecule has 1 aromatic heterocycles. The van der Waals surface area contributed by atoms with Crippen molar-refractivity contribution < 1.29 is 0 Å². The summed E-state index contributed by atoms with van der Waals surface area (Å²) in [6.07, 6.45) is 2.80. The predicted octanol–water partition coefficient (Wildman–Crippen LogP) is 4.08. The predicted molar refractivity (Wildman–Crippen MR) is 67.8 cm³/mol. The Bertz CT molecular complexity index is 436. The Morgan fingerprint density at radius 3 is 2.50 bits per heavy atom. The first-order valence-electron chi connectivity index (χ1n) is 5.41. The highest BCUT2D eigenvalue weighted by atomic mass is 35.5. The minimum atomic E-state index is 0.465. The van der Waals surface area contributed by atoms with Crippen LogP contribution in [0.25, 0.3) is 0 Å². The molecule has 0 spiro atoms. The molecule has 1 aromatic carbocycles. The van der Waals surface area contributed by atoms with Crippen molar-refractivity contribution in [3.8, 4) is 0 Å². The molecule has 0 saturated carbocycles. The average Bonchev–Trinajstić information content (AvgIpc) is 2.31. The molecule has 0 N–H and O–H groups in total. The van der Waals surface area contributed by atoms with Crippen LogP contribution in [0.15, 0.2) is 48.7 Å². The van der Waals surface area contributed by atoms with Gasteiger partial charge >= 0.3 is 0 Å². The molecule has 0 amide bonds. The molecule has 0 bridgehead atoms. The van der Waals surface area contributed by atoms with Crippen molar-refractivity contribution in [3.05, 3.63) is 64.9 Å². The van der Waals surface area contributed by atoms with Gasteiger partial charge in [-0.1, -0.05) is 36.7 Å². The third-order valence-electron chi connectivity index (χ3n) is 2.68. The second kappa shape index (κ2) is 5.13. The first kappa shape index (κ1) is 11.2. The zero-order valence-corrected chi connectivity index (χ0v) is 9.98. The van der Waals surface area contributed by atoms with Gasteiger partial charge in [-0.25, -0.2) is 0 Å². The van der Waals surface area contributed by atoms with Crippen LogP contribution in [0.1, 0.15) is 24.1 Å². The van der Waals surface area contributed by atoms with Crippen LogP contribution >= 0.6 is 11.6 Å². The van der Waals surface area contributed by atoms with Crippen LogP contribution in [0.3, 0.4) is 0 Å². The minimum absolute atomic E-state index is 0.465. The van der Waals surface area contributed by atoms with Gasteiger partial charge in [0.05, 0.1) is 0 Å². The molecule has 82 valence electrons. The van der Waals surface area contributed by atoms with Gasteiger partial charge in [-0.2, -0.15) is 0 Å². The summed E-state index contributed by atoms with van der Waals surface area (Å²) in [7, 11) is 0. The van der Waals surface area contributed by atoms with Gasteiger partial charge in [0.1, 0.15) is 0 Å². The van der Waals surface area contributed by atoms with Crippen molar-refractivity contribution in [2.45, 2.75) is 19.3 Å². The number of nitrogens with zero attached hydrogens (tertiary/aromatic N) is 1. The van der Waals surface area contributed by atoms with Crippen LogP contribution in [0, 0.1) is 0 Å². The van der Waals surface area contributed by atoms with E-state index in [2.05, 4.69) is 30.1 Å². The standard InChI is InChI=1S/C14H14ClN/c1-11(10-14-4-2-3-9-16-14)12-5-7-13(15)8-6-12/h2-9,11H,10H2,1H3. The zero-order chi connectivity index (χ0) is 11.4. The molecular formula is C14H14ClN. The third-order valence-corrected chi connectivity index (χ3v) is 2.93. The van der Waals surface area contributed by atoms with Crippen LogP contribution in [0.4, 0.5) is 0 Å². The first-order valence-corrected chi connectivity index (χ1v) is 5.79. The normalized spacial score (nSPS) is 12.4. The van der Waals surface area contributed by atoms with E-state index in [0.29, 0.717) is 5.92 Å². The maximum absolute atomic E-state index is 5.86. The third kappa shape index (κ3) is 2.83. The molecule has 1 heterocycles. The highest BCUT2D eigenvalue weighted by Gasteiger charge is 2.06. The topological polar surface area (TPSA) is 12.9 Å². The van der Waals surface area contributed by atoms with E-state index in [-0.39, 0.29) is 0 Å². The molecule has 2 rings (SSSR count). The van der Waals surface area contributed by atoms with Crippen molar-refractivity contribution in [1.82, 2.24) is 4.98 Å². The first-order chi connectivity index (χ1) is 7.75. The highest BCUT2D eigenvalue weighted by Crippen LogP contribution is 2.21. The lowest BCUT2D eigenvalue weighted by Crippen LogP contribution is -1.99. The molecule has 1 atom stereocenters. The molecule has 0 aliphatic rings. The Balaban J connectivity index is 2.09. The summed E-state index contributed by atoms with van der Waals surface area (Å²) in [4.78, 5) is 4.34. The van der Waals surface area contributed by atoms with Crippen LogP contribution < -0.4 is 0 Å². The molecule has 0 radical (unpaired) electrons. The summed E-state index contributed by atoms with van der Waals surface area (Å²) in [5.74, 6) is 0.465. The number of halogens is 1. The summed E-state index contributed by atoms with van der Waals surface area (Å²) in [5, 5.41) is 0.786. The van der Waals surface area contributed by atoms with E-state index in [9.17, 15) is 0 Å². The molecule has 2 heteroatoms. The Morgan fingerprint density at radius 1 is 1.12 bits per heavy atom. The Morgan fingerprint density at radius 2 is 1.88 bits per heavy atom. The molecule has 2 aromatic rings.